The van der Waals surface area contributed by atoms with Crippen molar-refractivity contribution < 1.29 is 14.3 Å². The number of benzene rings is 2. The van der Waals surface area contributed by atoms with E-state index in [0.717, 1.165) is 5.56 Å². The predicted molar refractivity (Wildman–Crippen MR) is 119 cm³/mol. The molecule has 8 nitrogen and oxygen atoms in total. The zero-order chi connectivity index (χ0) is 22.0. The van der Waals surface area contributed by atoms with E-state index >= 15 is 0 Å². The van der Waals surface area contributed by atoms with Gasteiger partial charge in [-0.15, -0.1) is 0 Å². The average molecular weight is 442 g/mol. The Balaban J connectivity index is 1.73. The van der Waals surface area contributed by atoms with Gasteiger partial charge in [0.05, 0.1) is 25.7 Å². The van der Waals surface area contributed by atoms with Crippen LogP contribution in [-0.2, 0) is 4.79 Å². The van der Waals surface area contributed by atoms with Crippen molar-refractivity contribution in [2.75, 3.05) is 24.4 Å². The lowest BCUT2D eigenvalue weighted by molar-refractivity contribution is -0.121. The fourth-order valence-corrected chi connectivity index (χ4v) is 4.02. The number of halogens is 1. The van der Waals surface area contributed by atoms with Crippen LogP contribution in [-0.4, -0.2) is 40.4 Å². The predicted octanol–water partition coefficient (Wildman–Crippen LogP) is 4.00. The number of nitrogens with zero attached hydrogens (tertiary/aromatic N) is 3. The fourth-order valence-electron chi connectivity index (χ4n) is 3.90. The molecule has 0 radical (unpaired) electrons. The monoisotopic (exact) mass is 441 g/mol. The zero-order valence-electron chi connectivity index (χ0n) is 17.5. The maximum absolute atomic E-state index is 13.4. The molecule has 2 heterocycles. The van der Waals surface area contributed by atoms with Gasteiger partial charge in [0.1, 0.15) is 6.33 Å². The van der Waals surface area contributed by atoms with Crippen molar-refractivity contribution in [3.63, 3.8) is 0 Å². The summed E-state index contributed by atoms with van der Waals surface area (Å²) >= 11 is 5.97. The van der Waals surface area contributed by atoms with Crippen LogP contribution in [0.3, 0.4) is 0 Å². The maximum Gasteiger partial charge on any atom is 0.232 e. The lowest BCUT2D eigenvalue weighted by Gasteiger charge is -2.37. The first-order chi connectivity index (χ1) is 15.0. The SMILES string of the molecule is CCOc1ccc([C@@H]2[C@H](C(=O)Nc3ccc(Cl)cc3)[C@H](C)Nc3ncnn32)cc1OC. The Morgan fingerprint density at radius 3 is 2.71 bits per heavy atom. The van der Waals surface area contributed by atoms with E-state index in [0.29, 0.717) is 34.8 Å². The second-order valence-electron chi connectivity index (χ2n) is 7.27. The summed E-state index contributed by atoms with van der Waals surface area (Å²) in [5.41, 5.74) is 1.55. The van der Waals surface area contributed by atoms with Crippen molar-refractivity contribution in [2.24, 2.45) is 5.92 Å². The summed E-state index contributed by atoms with van der Waals surface area (Å²) < 4.78 is 12.9. The lowest BCUT2D eigenvalue weighted by atomic mass is 9.85. The van der Waals surface area contributed by atoms with Crippen molar-refractivity contribution in [3.05, 3.63) is 59.4 Å². The molecule has 1 aliphatic heterocycles. The van der Waals surface area contributed by atoms with E-state index in [2.05, 4.69) is 20.7 Å². The Bertz CT molecular complexity index is 1070. The number of aromatic nitrogens is 3. The van der Waals surface area contributed by atoms with E-state index in [1.54, 1.807) is 36.1 Å². The molecular weight excluding hydrogens is 418 g/mol. The number of hydrogen-bond acceptors (Lipinski definition) is 6. The minimum Gasteiger partial charge on any atom is -0.493 e. The first-order valence-corrected chi connectivity index (χ1v) is 10.4. The van der Waals surface area contributed by atoms with E-state index in [1.165, 1.54) is 6.33 Å². The van der Waals surface area contributed by atoms with Gasteiger partial charge in [-0.1, -0.05) is 17.7 Å². The van der Waals surface area contributed by atoms with Gasteiger partial charge in [0.2, 0.25) is 11.9 Å². The van der Waals surface area contributed by atoms with Crippen molar-refractivity contribution in [1.82, 2.24) is 14.8 Å². The van der Waals surface area contributed by atoms with Crippen molar-refractivity contribution >= 4 is 29.1 Å². The number of amides is 1. The maximum atomic E-state index is 13.4. The van der Waals surface area contributed by atoms with E-state index < -0.39 is 5.92 Å². The quantitative estimate of drug-likeness (QED) is 0.601. The summed E-state index contributed by atoms with van der Waals surface area (Å²) in [6, 6.07) is 12.1. The molecule has 0 unspecified atom stereocenters. The van der Waals surface area contributed by atoms with Gasteiger partial charge in [0.25, 0.3) is 0 Å². The Hall–Kier alpha value is -3.26. The number of carbonyl (C=O) groups excluding carboxylic acids is 1. The van der Waals surface area contributed by atoms with E-state index in [4.69, 9.17) is 21.1 Å². The molecule has 0 spiro atoms. The van der Waals surface area contributed by atoms with Gasteiger partial charge in [-0.2, -0.15) is 10.1 Å². The van der Waals surface area contributed by atoms with Crippen LogP contribution in [0.5, 0.6) is 11.5 Å². The average Bonchev–Trinajstić information content (AvgIpc) is 3.23. The molecule has 31 heavy (non-hydrogen) atoms. The molecular formula is C22H24ClN5O3. The topological polar surface area (TPSA) is 90.3 Å². The first-order valence-electron chi connectivity index (χ1n) is 10.0. The molecule has 3 atom stereocenters. The summed E-state index contributed by atoms with van der Waals surface area (Å²) in [5, 5.41) is 11.3. The molecule has 1 aliphatic rings. The van der Waals surface area contributed by atoms with Gasteiger partial charge in [-0.25, -0.2) is 4.68 Å². The van der Waals surface area contributed by atoms with E-state index in [9.17, 15) is 4.79 Å². The number of methoxy groups -OCH3 is 1. The number of ether oxygens (including phenoxy) is 2. The highest BCUT2D eigenvalue weighted by Crippen LogP contribution is 2.39. The fraction of sp³-hybridized carbons (Fsp3) is 0.318. The highest BCUT2D eigenvalue weighted by Gasteiger charge is 2.41. The number of anilines is 2. The number of nitrogens with one attached hydrogen (secondary N) is 2. The highest BCUT2D eigenvalue weighted by molar-refractivity contribution is 6.30. The number of carbonyl (C=O) groups is 1. The Morgan fingerprint density at radius 2 is 2.00 bits per heavy atom. The number of fused-ring (bicyclic) bond motifs is 1. The van der Waals surface area contributed by atoms with Crippen molar-refractivity contribution in [3.8, 4) is 11.5 Å². The van der Waals surface area contributed by atoms with Gasteiger partial charge < -0.3 is 20.1 Å². The van der Waals surface area contributed by atoms with Crippen LogP contribution >= 0.6 is 11.6 Å². The van der Waals surface area contributed by atoms with Crippen LogP contribution in [0.25, 0.3) is 0 Å². The zero-order valence-corrected chi connectivity index (χ0v) is 18.3. The largest absolute Gasteiger partial charge is 0.493 e. The highest BCUT2D eigenvalue weighted by atomic mass is 35.5. The van der Waals surface area contributed by atoms with E-state index in [-0.39, 0.29) is 18.0 Å². The normalized spacial score (nSPS) is 19.8. The molecule has 9 heteroatoms. The molecule has 0 saturated heterocycles. The Kier molecular flexibility index (Phi) is 5.99. The summed E-state index contributed by atoms with van der Waals surface area (Å²) in [6.45, 7) is 4.41. The van der Waals surface area contributed by atoms with Gasteiger partial charge in [-0.3, -0.25) is 4.79 Å². The van der Waals surface area contributed by atoms with Gasteiger partial charge in [-0.05, 0) is 55.8 Å². The van der Waals surface area contributed by atoms with Gasteiger partial charge in [0.15, 0.2) is 11.5 Å². The first kappa shape index (κ1) is 21.0. The molecule has 0 saturated carbocycles. The lowest BCUT2D eigenvalue weighted by Crippen LogP contribution is -2.46. The summed E-state index contributed by atoms with van der Waals surface area (Å²) in [5.74, 6) is 1.26. The minimum absolute atomic E-state index is 0.138. The third-order valence-electron chi connectivity index (χ3n) is 5.32. The summed E-state index contributed by atoms with van der Waals surface area (Å²) in [6.07, 6.45) is 1.48. The molecule has 0 fully saturated rings. The van der Waals surface area contributed by atoms with Crippen LogP contribution in [0, 0.1) is 5.92 Å². The molecule has 162 valence electrons. The molecule has 0 aliphatic carbocycles. The molecule has 3 aromatic rings. The molecule has 1 amide bonds. The molecule has 2 N–H and O–H groups in total. The Labute approximate surface area is 185 Å². The second kappa shape index (κ2) is 8.85. The van der Waals surface area contributed by atoms with Gasteiger partial charge >= 0.3 is 0 Å². The summed E-state index contributed by atoms with van der Waals surface area (Å²) in [7, 11) is 1.60. The molecule has 0 bridgehead atoms. The van der Waals surface area contributed by atoms with Crippen LogP contribution in [0.15, 0.2) is 48.8 Å². The Morgan fingerprint density at radius 1 is 1.23 bits per heavy atom. The third kappa shape index (κ3) is 4.16. The molecule has 1 aromatic heterocycles. The number of hydrogen-bond donors (Lipinski definition) is 2. The second-order valence-corrected chi connectivity index (χ2v) is 7.71. The van der Waals surface area contributed by atoms with Crippen LogP contribution < -0.4 is 20.1 Å². The van der Waals surface area contributed by atoms with Crippen LogP contribution in [0.2, 0.25) is 5.02 Å². The van der Waals surface area contributed by atoms with Crippen molar-refractivity contribution in [2.45, 2.75) is 25.9 Å². The van der Waals surface area contributed by atoms with E-state index in [1.807, 2.05) is 32.0 Å². The van der Waals surface area contributed by atoms with Crippen LogP contribution in [0.4, 0.5) is 11.6 Å². The van der Waals surface area contributed by atoms with Crippen molar-refractivity contribution in [1.29, 1.82) is 0 Å². The van der Waals surface area contributed by atoms with Gasteiger partial charge in [0, 0.05) is 16.8 Å². The smallest absolute Gasteiger partial charge is 0.232 e. The minimum atomic E-state index is -0.465. The molecule has 4 rings (SSSR count). The number of rotatable bonds is 6. The third-order valence-corrected chi connectivity index (χ3v) is 5.57. The summed E-state index contributed by atoms with van der Waals surface area (Å²) in [4.78, 5) is 17.7. The van der Waals surface area contributed by atoms with Crippen LogP contribution in [0.1, 0.15) is 25.5 Å². The molecule has 2 aromatic carbocycles. The standard InChI is InChI=1S/C22H24ClN5O3/c1-4-31-17-10-5-14(11-18(17)30-3)20-19(13(2)26-22-24-12-25-28(20)22)21(29)27-16-8-6-15(23)7-9-16/h5-13,19-20H,4H2,1-3H3,(H,27,29)(H,24,25,26)/t13-,19+,20+/m0/s1.